The molecule has 0 heterocycles. The van der Waals surface area contributed by atoms with Crippen LogP contribution in [-0.4, -0.2) is 41.4 Å². The molecule has 0 amide bonds. The molecule has 19 heavy (non-hydrogen) atoms. The van der Waals surface area contributed by atoms with Gasteiger partial charge in [-0.3, -0.25) is 9.35 Å². The number of ether oxygens (including phenoxy) is 1. The minimum atomic E-state index is -4.60. The summed E-state index contributed by atoms with van der Waals surface area (Å²) in [6.45, 7) is 8.08. The van der Waals surface area contributed by atoms with Gasteiger partial charge in [-0.05, 0) is 27.7 Å². The Balaban J connectivity index is 5.49. The number of hydrogen-bond donors (Lipinski definition) is 2. The zero-order chi connectivity index (χ0) is 15.6. The molecular formula is C11H18O7S. The quantitative estimate of drug-likeness (QED) is 0.423. The zero-order valence-corrected chi connectivity index (χ0v) is 12.0. The van der Waals surface area contributed by atoms with E-state index in [1.807, 2.05) is 0 Å². The maximum Gasteiger partial charge on any atom is 0.333 e. The second-order valence-corrected chi connectivity index (χ2v) is 6.31. The Kier molecular flexibility index (Phi) is 5.28. The van der Waals surface area contributed by atoms with Gasteiger partial charge in [0.2, 0.25) is 0 Å². The lowest BCUT2D eigenvalue weighted by Gasteiger charge is -2.34. The first-order valence-electron chi connectivity index (χ1n) is 5.41. The van der Waals surface area contributed by atoms with Crippen molar-refractivity contribution in [2.75, 3.05) is 0 Å². The van der Waals surface area contributed by atoms with Crippen LogP contribution in [0, 0.1) is 5.41 Å². The Labute approximate surface area is 112 Å². The van der Waals surface area contributed by atoms with E-state index in [4.69, 9.17) is 9.29 Å². The zero-order valence-electron chi connectivity index (χ0n) is 11.2. The van der Waals surface area contributed by atoms with E-state index in [9.17, 15) is 23.1 Å². The Hall–Kier alpha value is -1.41. The number of carboxylic acids is 1. The molecule has 0 aromatic carbocycles. The fourth-order valence-corrected chi connectivity index (χ4v) is 2.28. The summed E-state index contributed by atoms with van der Waals surface area (Å²) in [5, 5.41) is 7.55. The van der Waals surface area contributed by atoms with E-state index in [0.29, 0.717) is 0 Å². The monoisotopic (exact) mass is 294 g/mol. The summed E-state index contributed by atoms with van der Waals surface area (Å²) in [5.74, 6) is -2.33. The van der Waals surface area contributed by atoms with E-state index >= 15 is 0 Å². The molecule has 110 valence electrons. The molecule has 0 aliphatic rings. The molecule has 0 bridgehead atoms. The van der Waals surface area contributed by atoms with Crippen molar-refractivity contribution in [3.63, 3.8) is 0 Å². The maximum absolute atomic E-state index is 11.4. The molecule has 8 heteroatoms. The molecular weight excluding hydrogens is 276 g/mol. The van der Waals surface area contributed by atoms with Crippen molar-refractivity contribution in [1.29, 1.82) is 0 Å². The van der Waals surface area contributed by atoms with Crippen molar-refractivity contribution in [1.82, 2.24) is 0 Å². The molecule has 0 radical (unpaired) electrons. The Morgan fingerprint density at radius 1 is 1.32 bits per heavy atom. The highest BCUT2D eigenvalue weighted by molar-refractivity contribution is 7.86. The first-order valence-corrected chi connectivity index (χ1v) is 6.91. The van der Waals surface area contributed by atoms with Gasteiger partial charge < -0.3 is 9.84 Å². The molecule has 0 saturated heterocycles. The largest absolute Gasteiger partial charge is 0.481 e. The van der Waals surface area contributed by atoms with Crippen molar-refractivity contribution in [3.05, 3.63) is 12.2 Å². The van der Waals surface area contributed by atoms with Crippen LogP contribution in [0.15, 0.2) is 12.2 Å². The number of carbonyl (C=O) groups excluding carboxylic acids is 1. The molecule has 0 aromatic heterocycles. The van der Waals surface area contributed by atoms with Gasteiger partial charge >= 0.3 is 11.9 Å². The van der Waals surface area contributed by atoms with Crippen LogP contribution >= 0.6 is 0 Å². The van der Waals surface area contributed by atoms with Crippen LogP contribution in [0.3, 0.4) is 0 Å². The SMILES string of the molecule is C=C(C)C(=O)OC(C)C(C)(C(=O)O)C(C)S(=O)(=O)O. The molecule has 0 fully saturated rings. The number of esters is 1. The van der Waals surface area contributed by atoms with Gasteiger partial charge in [0.25, 0.3) is 10.1 Å². The van der Waals surface area contributed by atoms with E-state index in [1.54, 1.807) is 0 Å². The van der Waals surface area contributed by atoms with Crippen LogP contribution in [0.25, 0.3) is 0 Å². The van der Waals surface area contributed by atoms with Gasteiger partial charge in [0.05, 0.1) is 0 Å². The first kappa shape index (κ1) is 17.6. The van der Waals surface area contributed by atoms with Gasteiger partial charge in [-0.25, -0.2) is 4.79 Å². The number of rotatable bonds is 6. The molecule has 3 atom stereocenters. The van der Waals surface area contributed by atoms with E-state index in [1.165, 1.54) is 13.8 Å². The lowest BCUT2D eigenvalue weighted by molar-refractivity contribution is -0.164. The Morgan fingerprint density at radius 3 is 2.00 bits per heavy atom. The highest BCUT2D eigenvalue weighted by atomic mass is 32.2. The normalized spacial score (nSPS) is 17.9. The number of hydrogen-bond acceptors (Lipinski definition) is 5. The van der Waals surface area contributed by atoms with Gasteiger partial charge in [-0.2, -0.15) is 8.42 Å². The summed E-state index contributed by atoms with van der Waals surface area (Å²) in [7, 11) is -4.60. The first-order chi connectivity index (χ1) is 8.35. The molecule has 7 nitrogen and oxygen atoms in total. The van der Waals surface area contributed by atoms with Crippen molar-refractivity contribution in [2.45, 2.75) is 39.0 Å². The van der Waals surface area contributed by atoms with Crippen molar-refractivity contribution in [3.8, 4) is 0 Å². The number of aliphatic carboxylic acids is 1. The number of carboxylic acid groups (broad SMARTS) is 1. The van der Waals surface area contributed by atoms with Crippen molar-refractivity contribution in [2.24, 2.45) is 5.41 Å². The summed E-state index contributed by atoms with van der Waals surface area (Å²) in [4.78, 5) is 22.7. The molecule has 0 spiro atoms. The van der Waals surface area contributed by atoms with Gasteiger partial charge in [-0.1, -0.05) is 6.58 Å². The summed E-state index contributed by atoms with van der Waals surface area (Å²) >= 11 is 0. The second kappa shape index (κ2) is 5.70. The molecule has 2 N–H and O–H groups in total. The predicted molar refractivity (Wildman–Crippen MR) is 67.1 cm³/mol. The summed E-state index contributed by atoms with van der Waals surface area (Å²) in [6.07, 6.45) is -1.27. The fourth-order valence-electron chi connectivity index (χ4n) is 1.37. The molecule has 0 aliphatic heterocycles. The standard InChI is InChI=1S/C11H18O7S/c1-6(2)9(12)18-7(3)11(5,10(13)14)8(4)19(15,16)17/h7-8H,1H2,2-5H3,(H,13,14)(H,15,16,17). The van der Waals surface area contributed by atoms with Crippen LogP contribution in [0.2, 0.25) is 0 Å². The number of carbonyl (C=O) groups is 2. The highest BCUT2D eigenvalue weighted by Gasteiger charge is 2.51. The van der Waals surface area contributed by atoms with Crippen LogP contribution in [0.1, 0.15) is 27.7 Å². The van der Waals surface area contributed by atoms with Gasteiger partial charge in [0.1, 0.15) is 16.8 Å². The molecule has 3 unspecified atom stereocenters. The van der Waals surface area contributed by atoms with E-state index in [0.717, 1.165) is 13.8 Å². The minimum absolute atomic E-state index is 0.0547. The molecule has 0 rings (SSSR count). The summed E-state index contributed by atoms with van der Waals surface area (Å²) < 4.78 is 36.2. The second-order valence-electron chi connectivity index (χ2n) is 4.57. The third-order valence-corrected chi connectivity index (χ3v) is 4.61. The van der Waals surface area contributed by atoms with Gasteiger partial charge in [-0.15, -0.1) is 0 Å². The van der Waals surface area contributed by atoms with Crippen LogP contribution in [-0.2, 0) is 24.4 Å². The van der Waals surface area contributed by atoms with Crippen molar-refractivity contribution < 1.29 is 32.4 Å². The summed E-state index contributed by atoms with van der Waals surface area (Å²) in [6, 6.07) is 0. The lowest BCUT2D eigenvalue weighted by Crippen LogP contribution is -2.51. The van der Waals surface area contributed by atoms with Gasteiger partial charge in [0.15, 0.2) is 0 Å². The Bertz CT molecular complexity index is 493. The lowest BCUT2D eigenvalue weighted by atomic mass is 9.82. The third-order valence-electron chi connectivity index (χ3n) is 3.23. The third kappa shape index (κ3) is 3.77. The van der Waals surface area contributed by atoms with E-state index < -0.39 is 38.8 Å². The molecule has 0 aliphatic carbocycles. The van der Waals surface area contributed by atoms with E-state index in [-0.39, 0.29) is 5.57 Å². The maximum atomic E-state index is 11.4. The average molecular weight is 294 g/mol. The van der Waals surface area contributed by atoms with Crippen LogP contribution < -0.4 is 0 Å². The highest BCUT2D eigenvalue weighted by Crippen LogP contribution is 2.33. The molecule has 0 saturated carbocycles. The van der Waals surface area contributed by atoms with Crippen LogP contribution in [0.4, 0.5) is 0 Å². The topological polar surface area (TPSA) is 118 Å². The van der Waals surface area contributed by atoms with Crippen LogP contribution in [0.5, 0.6) is 0 Å². The fraction of sp³-hybridized carbons (Fsp3) is 0.636. The molecule has 0 aromatic rings. The predicted octanol–water partition coefficient (Wildman–Crippen LogP) is 0.861. The minimum Gasteiger partial charge on any atom is -0.481 e. The Morgan fingerprint density at radius 2 is 1.74 bits per heavy atom. The van der Waals surface area contributed by atoms with E-state index in [2.05, 4.69) is 6.58 Å². The average Bonchev–Trinajstić information content (AvgIpc) is 2.24. The smallest absolute Gasteiger partial charge is 0.333 e. The van der Waals surface area contributed by atoms with Crippen molar-refractivity contribution >= 4 is 22.1 Å². The summed E-state index contributed by atoms with van der Waals surface area (Å²) in [5.41, 5.74) is -1.93. The van der Waals surface area contributed by atoms with Gasteiger partial charge in [0, 0.05) is 5.57 Å².